The third-order valence-electron chi connectivity index (χ3n) is 4.16. The molecule has 1 N–H and O–H groups in total. The Morgan fingerprint density at radius 3 is 3.09 bits per heavy atom. The summed E-state index contributed by atoms with van der Waals surface area (Å²) in [5, 5.41) is 4.34. The second kappa shape index (κ2) is 6.76. The molecular weight excluding hydrogens is 294 g/mol. The Morgan fingerprint density at radius 2 is 2.30 bits per heavy atom. The van der Waals surface area contributed by atoms with Gasteiger partial charge in [0.2, 0.25) is 0 Å². The van der Waals surface area contributed by atoms with E-state index in [1.54, 1.807) is 10.7 Å². The number of carbonyl (C=O) groups excluding carboxylic acids is 1. The van der Waals surface area contributed by atoms with Gasteiger partial charge in [-0.15, -0.1) is 0 Å². The highest BCUT2D eigenvalue weighted by atomic mass is 16.2. The van der Waals surface area contributed by atoms with Gasteiger partial charge >= 0.3 is 5.69 Å². The number of aromatic amines is 1. The smallest absolute Gasteiger partial charge is 0.337 e. The summed E-state index contributed by atoms with van der Waals surface area (Å²) in [6.07, 6.45) is 6.21. The summed E-state index contributed by atoms with van der Waals surface area (Å²) in [6, 6.07) is 3.59. The summed E-state index contributed by atoms with van der Waals surface area (Å²) in [5.74, 6) is 0.0992. The average molecular weight is 315 g/mol. The van der Waals surface area contributed by atoms with Crippen molar-refractivity contribution in [1.82, 2.24) is 24.6 Å². The first-order valence-electron chi connectivity index (χ1n) is 8.05. The molecule has 0 bridgehead atoms. The second-order valence-electron chi connectivity index (χ2n) is 5.88. The van der Waals surface area contributed by atoms with Crippen LogP contribution in [0, 0.1) is 0 Å². The van der Waals surface area contributed by atoms with E-state index in [1.165, 1.54) is 6.20 Å². The molecule has 0 spiro atoms. The van der Waals surface area contributed by atoms with E-state index in [0.29, 0.717) is 12.2 Å². The van der Waals surface area contributed by atoms with Gasteiger partial charge in [0.15, 0.2) is 0 Å². The molecule has 3 rings (SSSR count). The first kappa shape index (κ1) is 15.5. The topological polar surface area (TPSA) is 83.9 Å². The summed E-state index contributed by atoms with van der Waals surface area (Å²) in [4.78, 5) is 32.3. The van der Waals surface area contributed by atoms with Crippen molar-refractivity contribution in [3.8, 4) is 0 Å². The molecule has 1 fully saturated rings. The standard InChI is InChI=1S/C16H21N5O2/c1-2-8-21-10-6-14(19-21)15(22)20-9-3-4-12(11-20)13-5-7-17-16(23)18-13/h5-7,10,12H,2-4,8-9,11H2,1H3,(H,17,18,23). The van der Waals surface area contributed by atoms with Gasteiger partial charge in [-0.1, -0.05) is 6.92 Å². The minimum atomic E-state index is -0.343. The zero-order valence-corrected chi connectivity index (χ0v) is 13.2. The van der Waals surface area contributed by atoms with Crippen LogP contribution in [0.25, 0.3) is 0 Å². The fraction of sp³-hybridized carbons (Fsp3) is 0.500. The van der Waals surface area contributed by atoms with E-state index in [0.717, 1.165) is 38.0 Å². The number of amides is 1. The number of H-pyrrole nitrogens is 1. The van der Waals surface area contributed by atoms with Gasteiger partial charge in [-0.3, -0.25) is 9.48 Å². The predicted molar refractivity (Wildman–Crippen MR) is 85.3 cm³/mol. The second-order valence-corrected chi connectivity index (χ2v) is 5.88. The molecule has 1 amide bonds. The van der Waals surface area contributed by atoms with Crippen LogP contribution in [0.1, 0.15) is 48.3 Å². The fourth-order valence-electron chi connectivity index (χ4n) is 3.03. The van der Waals surface area contributed by atoms with Gasteiger partial charge in [0.1, 0.15) is 5.69 Å². The van der Waals surface area contributed by atoms with E-state index in [1.807, 2.05) is 17.2 Å². The summed E-state index contributed by atoms with van der Waals surface area (Å²) in [5.41, 5.74) is 0.991. The van der Waals surface area contributed by atoms with Gasteiger partial charge in [-0.25, -0.2) is 9.78 Å². The van der Waals surface area contributed by atoms with Crippen molar-refractivity contribution in [2.75, 3.05) is 13.1 Å². The lowest BCUT2D eigenvalue weighted by atomic mass is 9.94. The highest BCUT2D eigenvalue weighted by Gasteiger charge is 2.27. The molecule has 1 saturated heterocycles. The third kappa shape index (κ3) is 3.49. The first-order valence-corrected chi connectivity index (χ1v) is 8.05. The molecule has 2 aromatic rings. The maximum absolute atomic E-state index is 12.6. The largest absolute Gasteiger partial charge is 0.345 e. The van der Waals surface area contributed by atoms with Crippen molar-refractivity contribution in [1.29, 1.82) is 0 Å². The highest BCUT2D eigenvalue weighted by Crippen LogP contribution is 2.25. The van der Waals surface area contributed by atoms with E-state index >= 15 is 0 Å². The number of likely N-dealkylation sites (tertiary alicyclic amines) is 1. The number of hydrogen-bond donors (Lipinski definition) is 1. The quantitative estimate of drug-likeness (QED) is 0.924. The van der Waals surface area contributed by atoms with Crippen molar-refractivity contribution in [3.05, 3.63) is 46.4 Å². The summed E-state index contributed by atoms with van der Waals surface area (Å²) in [6.45, 7) is 4.22. The van der Waals surface area contributed by atoms with Gasteiger partial charge < -0.3 is 9.88 Å². The zero-order chi connectivity index (χ0) is 16.2. The first-order chi connectivity index (χ1) is 11.2. The Morgan fingerprint density at radius 1 is 1.43 bits per heavy atom. The Kier molecular flexibility index (Phi) is 4.55. The lowest BCUT2D eigenvalue weighted by Gasteiger charge is -2.32. The molecule has 1 atom stereocenters. The van der Waals surface area contributed by atoms with Crippen LogP contribution < -0.4 is 5.69 Å². The summed E-state index contributed by atoms with van der Waals surface area (Å²) in [7, 11) is 0. The van der Waals surface area contributed by atoms with Gasteiger partial charge in [0.05, 0.1) is 0 Å². The molecule has 0 aromatic carbocycles. The molecular formula is C16H21N5O2. The van der Waals surface area contributed by atoms with Crippen LogP contribution in [-0.2, 0) is 6.54 Å². The molecule has 0 radical (unpaired) electrons. The van der Waals surface area contributed by atoms with E-state index in [-0.39, 0.29) is 17.5 Å². The molecule has 1 unspecified atom stereocenters. The lowest BCUT2D eigenvalue weighted by molar-refractivity contribution is 0.0699. The number of hydrogen-bond acceptors (Lipinski definition) is 4. The van der Waals surface area contributed by atoms with E-state index in [4.69, 9.17) is 0 Å². The Hall–Kier alpha value is -2.44. The maximum Gasteiger partial charge on any atom is 0.345 e. The highest BCUT2D eigenvalue weighted by molar-refractivity contribution is 5.92. The Bertz CT molecular complexity index is 736. The number of aryl methyl sites for hydroxylation is 1. The number of nitrogens with one attached hydrogen (secondary N) is 1. The molecule has 1 aliphatic rings. The summed E-state index contributed by atoms with van der Waals surface area (Å²) >= 11 is 0. The monoisotopic (exact) mass is 315 g/mol. The fourth-order valence-corrected chi connectivity index (χ4v) is 3.03. The number of rotatable bonds is 4. The number of aromatic nitrogens is 4. The number of carbonyl (C=O) groups is 1. The molecule has 1 aliphatic heterocycles. The van der Waals surface area contributed by atoms with Gasteiger partial charge in [0, 0.05) is 43.6 Å². The van der Waals surface area contributed by atoms with Crippen LogP contribution in [-0.4, -0.2) is 43.6 Å². The molecule has 23 heavy (non-hydrogen) atoms. The van der Waals surface area contributed by atoms with E-state index in [2.05, 4.69) is 22.0 Å². The molecule has 2 aromatic heterocycles. The van der Waals surface area contributed by atoms with E-state index < -0.39 is 0 Å². The van der Waals surface area contributed by atoms with Gasteiger partial charge in [0.25, 0.3) is 5.91 Å². The SMILES string of the molecule is CCCn1ccc(C(=O)N2CCCC(c3ccnc(=O)[nH]3)C2)n1. The Labute approximate surface area is 134 Å². The molecule has 7 heteroatoms. The van der Waals surface area contributed by atoms with Gasteiger partial charge in [-0.05, 0) is 31.4 Å². The van der Waals surface area contributed by atoms with Crippen molar-refractivity contribution < 1.29 is 4.79 Å². The molecule has 0 aliphatic carbocycles. The van der Waals surface area contributed by atoms with Gasteiger partial charge in [-0.2, -0.15) is 5.10 Å². The number of piperidine rings is 1. The van der Waals surface area contributed by atoms with Crippen LogP contribution in [0.3, 0.4) is 0 Å². The van der Waals surface area contributed by atoms with Crippen LogP contribution >= 0.6 is 0 Å². The Balaban J connectivity index is 1.72. The molecule has 3 heterocycles. The normalized spacial score (nSPS) is 18.1. The third-order valence-corrected chi connectivity index (χ3v) is 4.16. The van der Waals surface area contributed by atoms with Crippen molar-refractivity contribution >= 4 is 5.91 Å². The maximum atomic E-state index is 12.6. The minimum absolute atomic E-state index is 0.0408. The number of nitrogens with zero attached hydrogens (tertiary/aromatic N) is 4. The average Bonchev–Trinajstić information content (AvgIpc) is 3.03. The van der Waals surface area contributed by atoms with E-state index in [9.17, 15) is 9.59 Å². The lowest BCUT2D eigenvalue weighted by Crippen LogP contribution is -2.39. The molecule has 0 saturated carbocycles. The van der Waals surface area contributed by atoms with Crippen LogP contribution in [0.4, 0.5) is 0 Å². The zero-order valence-electron chi connectivity index (χ0n) is 13.2. The van der Waals surface area contributed by atoms with Crippen molar-refractivity contribution in [2.24, 2.45) is 0 Å². The van der Waals surface area contributed by atoms with Crippen molar-refractivity contribution in [2.45, 2.75) is 38.6 Å². The van der Waals surface area contributed by atoms with Crippen LogP contribution in [0.5, 0.6) is 0 Å². The van der Waals surface area contributed by atoms with Crippen LogP contribution in [0.15, 0.2) is 29.3 Å². The predicted octanol–water partition coefficient (Wildman–Crippen LogP) is 1.40. The van der Waals surface area contributed by atoms with Crippen molar-refractivity contribution in [3.63, 3.8) is 0 Å². The summed E-state index contributed by atoms with van der Waals surface area (Å²) < 4.78 is 1.80. The minimum Gasteiger partial charge on any atom is -0.337 e. The van der Waals surface area contributed by atoms with Crippen LogP contribution in [0.2, 0.25) is 0 Å². The molecule has 7 nitrogen and oxygen atoms in total. The molecule has 122 valence electrons.